The summed E-state index contributed by atoms with van der Waals surface area (Å²) >= 11 is 6.48. The number of alkyl halides is 1. The standard InChI is InChI=1S/C21H35ClO4/c22-19-15-20(23)18(12-8-14-26-16-9-4-3-5-10-16)17(19)11-6-1-2-7-13-21(24)25/h1,6,16-20,23H,2-5,7-15H2,(H,24,25)/b6-1-/t17-,18-,19+,20-/m1/s1. The Hall–Kier alpha value is -0.580. The number of hydrogen-bond donors (Lipinski definition) is 2. The summed E-state index contributed by atoms with van der Waals surface area (Å²) in [6.45, 7) is 0.790. The van der Waals surface area contributed by atoms with Gasteiger partial charge in [-0.15, -0.1) is 11.6 Å². The first-order chi connectivity index (χ1) is 12.6. The van der Waals surface area contributed by atoms with E-state index >= 15 is 0 Å². The Morgan fingerprint density at radius 3 is 2.62 bits per heavy atom. The van der Waals surface area contributed by atoms with Gasteiger partial charge in [-0.1, -0.05) is 31.4 Å². The van der Waals surface area contributed by atoms with Crippen LogP contribution in [0.2, 0.25) is 0 Å². The number of hydrogen-bond acceptors (Lipinski definition) is 3. The van der Waals surface area contributed by atoms with Gasteiger partial charge in [0.05, 0.1) is 12.2 Å². The van der Waals surface area contributed by atoms with Gasteiger partial charge in [-0.25, -0.2) is 0 Å². The molecule has 0 bridgehead atoms. The van der Waals surface area contributed by atoms with Gasteiger partial charge >= 0.3 is 5.97 Å². The fraction of sp³-hybridized carbons (Fsp3) is 0.857. The second-order valence-electron chi connectivity index (χ2n) is 7.91. The number of carboxylic acid groups (broad SMARTS) is 1. The van der Waals surface area contributed by atoms with Crippen LogP contribution in [0.3, 0.4) is 0 Å². The number of allylic oxidation sites excluding steroid dienone is 2. The van der Waals surface area contributed by atoms with Gasteiger partial charge in [0, 0.05) is 18.4 Å². The number of carbonyl (C=O) groups is 1. The summed E-state index contributed by atoms with van der Waals surface area (Å²) in [7, 11) is 0. The summed E-state index contributed by atoms with van der Waals surface area (Å²) in [5.41, 5.74) is 0. The zero-order chi connectivity index (χ0) is 18.8. The van der Waals surface area contributed by atoms with Gasteiger partial charge in [0.25, 0.3) is 0 Å². The number of ether oxygens (including phenoxy) is 1. The molecule has 0 amide bonds. The minimum atomic E-state index is -0.742. The number of aliphatic hydroxyl groups excluding tert-OH is 1. The molecule has 2 fully saturated rings. The lowest BCUT2D eigenvalue weighted by atomic mass is 9.87. The predicted octanol–water partition coefficient (Wildman–Crippen LogP) is 4.92. The highest BCUT2D eigenvalue weighted by Gasteiger charge is 2.40. The molecule has 0 aromatic heterocycles. The Morgan fingerprint density at radius 1 is 1.12 bits per heavy atom. The normalized spacial score (nSPS) is 30.2. The Kier molecular flexibility index (Phi) is 10.0. The van der Waals surface area contributed by atoms with E-state index in [0.29, 0.717) is 24.9 Å². The lowest BCUT2D eigenvalue weighted by molar-refractivity contribution is -0.137. The Bertz CT molecular complexity index is 434. The predicted molar refractivity (Wildman–Crippen MR) is 105 cm³/mol. The van der Waals surface area contributed by atoms with E-state index in [-0.39, 0.29) is 23.8 Å². The van der Waals surface area contributed by atoms with Crippen molar-refractivity contribution in [3.8, 4) is 0 Å². The first-order valence-corrected chi connectivity index (χ1v) is 10.8. The summed E-state index contributed by atoms with van der Waals surface area (Å²) in [5, 5.41) is 19.0. The molecule has 0 spiro atoms. The number of unbranched alkanes of at least 4 members (excludes halogenated alkanes) is 1. The molecule has 2 saturated carbocycles. The molecule has 2 aliphatic rings. The number of rotatable bonds is 11. The maximum Gasteiger partial charge on any atom is 0.303 e. The van der Waals surface area contributed by atoms with Gasteiger partial charge in [0.1, 0.15) is 0 Å². The molecule has 2 rings (SSSR count). The molecule has 150 valence electrons. The van der Waals surface area contributed by atoms with Crippen LogP contribution >= 0.6 is 11.6 Å². The molecule has 0 saturated heterocycles. The lowest BCUT2D eigenvalue weighted by Gasteiger charge is -2.24. The van der Waals surface area contributed by atoms with E-state index in [9.17, 15) is 9.90 Å². The minimum Gasteiger partial charge on any atom is -0.481 e. The van der Waals surface area contributed by atoms with E-state index in [1.165, 1.54) is 32.1 Å². The third-order valence-electron chi connectivity index (χ3n) is 5.90. The van der Waals surface area contributed by atoms with Crippen molar-refractivity contribution >= 4 is 17.6 Å². The van der Waals surface area contributed by atoms with Crippen molar-refractivity contribution in [2.24, 2.45) is 11.8 Å². The van der Waals surface area contributed by atoms with Gasteiger partial charge < -0.3 is 14.9 Å². The zero-order valence-electron chi connectivity index (χ0n) is 15.8. The Morgan fingerprint density at radius 2 is 1.88 bits per heavy atom. The monoisotopic (exact) mass is 386 g/mol. The third kappa shape index (κ3) is 7.58. The second kappa shape index (κ2) is 12.0. The van der Waals surface area contributed by atoms with E-state index in [1.807, 2.05) is 0 Å². The fourth-order valence-corrected chi connectivity index (χ4v) is 4.88. The average molecular weight is 387 g/mol. The summed E-state index contributed by atoms with van der Waals surface area (Å²) in [6, 6.07) is 0. The summed E-state index contributed by atoms with van der Waals surface area (Å²) in [6.07, 6.45) is 15.8. The van der Waals surface area contributed by atoms with Crippen molar-refractivity contribution in [2.45, 2.75) is 94.6 Å². The molecule has 0 radical (unpaired) electrons. The highest BCUT2D eigenvalue weighted by molar-refractivity contribution is 6.21. The van der Waals surface area contributed by atoms with Crippen molar-refractivity contribution in [3.63, 3.8) is 0 Å². The molecular weight excluding hydrogens is 352 g/mol. The van der Waals surface area contributed by atoms with Gasteiger partial charge in [-0.3, -0.25) is 4.79 Å². The van der Waals surface area contributed by atoms with Crippen molar-refractivity contribution in [2.75, 3.05) is 6.61 Å². The molecule has 4 nitrogen and oxygen atoms in total. The minimum absolute atomic E-state index is 0.0259. The Balaban J connectivity index is 1.67. The molecule has 0 heterocycles. The van der Waals surface area contributed by atoms with E-state index in [0.717, 1.165) is 32.3 Å². The van der Waals surface area contributed by atoms with Crippen molar-refractivity contribution < 1.29 is 19.7 Å². The van der Waals surface area contributed by atoms with Crippen LogP contribution in [-0.4, -0.2) is 40.4 Å². The van der Waals surface area contributed by atoms with E-state index in [4.69, 9.17) is 21.4 Å². The van der Waals surface area contributed by atoms with E-state index in [1.54, 1.807) is 0 Å². The van der Waals surface area contributed by atoms with Crippen molar-refractivity contribution in [1.29, 1.82) is 0 Å². The molecule has 0 aromatic carbocycles. The van der Waals surface area contributed by atoms with Crippen LogP contribution in [0.1, 0.15) is 77.0 Å². The van der Waals surface area contributed by atoms with Crippen LogP contribution < -0.4 is 0 Å². The second-order valence-corrected chi connectivity index (χ2v) is 8.47. The molecular formula is C21H35ClO4. The van der Waals surface area contributed by atoms with E-state index in [2.05, 4.69) is 12.2 Å². The lowest BCUT2D eigenvalue weighted by Crippen LogP contribution is -2.22. The highest BCUT2D eigenvalue weighted by Crippen LogP contribution is 2.41. The SMILES string of the molecule is O=C(O)CCC/C=C\C[C@@H]1[C@@H](CCCOC2CCCCC2)[C@H](O)C[C@@H]1Cl. The average Bonchev–Trinajstić information content (AvgIpc) is 2.88. The summed E-state index contributed by atoms with van der Waals surface area (Å²) in [5.74, 6) is -0.193. The quantitative estimate of drug-likeness (QED) is 0.300. The molecule has 5 heteroatoms. The first kappa shape index (κ1) is 21.7. The molecule has 2 N–H and O–H groups in total. The molecule has 0 aromatic rings. The van der Waals surface area contributed by atoms with Crippen LogP contribution in [0.15, 0.2) is 12.2 Å². The first-order valence-electron chi connectivity index (χ1n) is 10.4. The zero-order valence-corrected chi connectivity index (χ0v) is 16.6. The molecule has 26 heavy (non-hydrogen) atoms. The van der Waals surface area contributed by atoms with Crippen LogP contribution in [0.5, 0.6) is 0 Å². The number of aliphatic hydroxyl groups is 1. The van der Waals surface area contributed by atoms with Crippen LogP contribution in [0.25, 0.3) is 0 Å². The topological polar surface area (TPSA) is 66.8 Å². The summed E-state index contributed by atoms with van der Waals surface area (Å²) in [4.78, 5) is 10.5. The van der Waals surface area contributed by atoms with Crippen molar-refractivity contribution in [3.05, 3.63) is 12.2 Å². The maximum absolute atomic E-state index is 10.5. The van der Waals surface area contributed by atoms with Gasteiger partial charge in [0.15, 0.2) is 0 Å². The molecule has 2 aliphatic carbocycles. The van der Waals surface area contributed by atoms with Gasteiger partial charge in [-0.05, 0) is 63.2 Å². The number of carboxylic acids is 1. The fourth-order valence-electron chi connectivity index (χ4n) is 4.41. The Labute approximate surface area is 163 Å². The summed E-state index contributed by atoms with van der Waals surface area (Å²) < 4.78 is 6.01. The smallest absolute Gasteiger partial charge is 0.303 e. The molecule has 4 atom stereocenters. The van der Waals surface area contributed by atoms with Crippen molar-refractivity contribution in [1.82, 2.24) is 0 Å². The van der Waals surface area contributed by atoms with E-state index < -0.39 is 5.97 Å². The third-order valence-corrected chi connectivity index (χ3v) is 6.40. The largest absolute Gasteiger partial charge is 0.481 e. The van der Waals surface area contributed by atoms with Crippen LogP contribution in [-0.2, 0) is 9.53 Å². The molecule has 0 aliphatic heterocycles. The van der Waals surface area contributed by atoms with Crippen LogP contribution in [0, 0.1) is 11.8 Å². The number of aliphatic carboxylic acids is 1. The van der Waals surface area contributed by atoms with Gasteiger partial charge in [0.2, 0.25) is 0 Å². The maximum atomic E-state index is 10.5. The van der Waals surface area contributed by atoms with Gasteiger partial charge in [-0.2, -0.15) is 0 Å². The van der Waals surface area contributed by atoms with Crippen LogP contribution in [0.4, 0.5) is 0 Å². The highest BCUT2D eigenvalue weighted by atomic mass is 35.5. The molecule has 0 unspecified atom stereocenters. The number of halogens is 1.